The highest BCUT2D eigenvalue weighted by molar-refractivity contribution is 7.98. The number of aromatic nitrogens is 3. The molecule has 3 aromatic carbocycles. The van der Waals surface area contributed by atoms with Crippen LogP contribution in [0.2, 0.25) is 0 Å². The van der Waals surface area contributed by atoms with E-state index in [4.69, 9.17) is 0 Å². The quantitative estimate of drug-likeness (QED) is 0.157. The molecule has 0 aliphatic carbocycles. The van der Waals surface area contributed by atoms with Crippen molar-refractivity contribution in [3.63, 3.8) is 0 Å². The maximum atomic E-state index is 13.3. The fraction of sp³-hybridized carbons (Fsp3) is 0.222. The van der Waals surface area contributed by atoms with Crippen molar-refractivity contribution in [1.82, 2.24) is 20.1 Å². The Balaban J connectivity index is 1.62. The molecule has 0 saturated carbocycles. The van der Waals surface area contributed by atoms with Gasteiger partial charge in [-0.2, -0.15) is 0 Å². The van der Waals surface area contributed by atoms with Crippen LogP contribution in [-0.4, -0.2) is 25.6 Å². The molecule has 1 N–H and O–H groups in total. The van der Waals surface area contributed by atoms with E-state index in [1.165, 1.54) is 36.0 Å². The van der Waals surface area contributed by atoms with E-state index in [1.807, 2.05) is 44.2 Å². The normalized spacial score (nSPS) is 12.6. The van der Waals surface area contributed by atoms with Crippen LogP contribution < -0.4 is 5.32 Å². The summed E-state index contributed by atoms with van der Waals surface area (Å²) in [4.78, 5) is 23.9. The molecule has 0 saturated heterocycles. The summed E-state index contributed by atoms with van der Waals surface area (Å²) in [6.07, 6.45) is 0.635. The molecule has 2 atom stereocenters. The third-order valence-corrected chi connectivity index (χ3v) is 6.93. The van der Waals surface area contributed by atoms with Gasteiger partial charge in [-0.05, 0) is 48.7 Å². The number of amides is 1. The first-order valence-corrected chi connectivity index (χ1v) is 12.8. The summed E-state index contributed by atoms with van der Waals surface area (Å²) in [7, 11) is 0. The van der Waals surface area contributed by atoms with Crippen LogP contribution in [0.15, 0.2) is 84.0 Å². The number of nitro groups is 1. The summed E-state index contributed by atoms with van der Waals surface area (Å²) < 4.78 is 15.1. The van der Waals surface area contributed by atoms with E-state index in [2.05, 4.69) is 15.5 Å². The van der Waals surface area contributed by atoms with Gasteiger partial charge in [0.2, 0.25) is 5.91 Å². The zero-order chi connectivity index (χ0) is 26.4. The summed E-state index contributed by atoms with van der Waals surface area (Å²) in [5, 5.41) is 23.5. The second kappa shape index (κ2) is 11.8. The standard InChI is InChI=1S/C27H26FN5O3S/c1-3-24(20-7-5-4-6-8-20)26(34)29-18(2)25-30-31-27(37-17-19-9-11-21(28)12-10-19)32(25)22-13-15-23(16-14-22)33(35)36/h4-16,18,24H,3,17H2,1-2H3,(H,29,34). The van der Waals surface area contributed by atoms with Crippen LogP contribution >= 0.6 is 11.8 Å². The van der Waals surface area contributed by atoms with Gasteiger partial charge in [0, 0.05) is 23.6 Å². The number of non-ortho nitro benzene ring substituents is 1. The van der Waals surface area contributed by atoms with Gasteiger partial charge in [-0.15, -0.1) is 10.2 Å². The number of nitrogens with one attached hydrogen (secondary N) is 1. The summed E-state index contributed by atoms with van der Waals surface area (Å²) >= 11 is 1.40. The average molecular weight is 520 g/mol. The summed E-state index contributed by atoms with van der Waals surface area (Å²) in [5.74, 6) is 0.256. The van der Waals surface area contributed by atoms with Crippen molar-refractivity contribution in [2.45, 2.75) is 43.1 Å². The molecule has 8 nitrogen and oxygen atoms in total. The Morgan fingerprint density at radius 3 is 2.35 bits per heavy atom. The van der Waals surface area contributed by atoms with Crippen LogP contribution in [0.1, 0.15) is 49.2 Å². The second-order valence-corrected chi connectivity index (χ2v) is 9.41. The number of hydrogen-bond acceptors (Lipinski definition) is 6. The van der Waals surface area contributed by atoms with Gasteiger partial charge in [-0.25, -0.2) is 4.39 Å². The van der Waals surface area contributed by atoms with Gasteiger partial charge < -0.3 is 5.32 Å². The minimum atomic E-state index is -0.492. The summed E-state index contributed by atoms with van der Waals surface area (Å²) in [6.45, 7) is 3.79. The lowest BCUT2D eigenvalue weighted by atomic mass is 9.95. The fourth-order valence-electron chi connectivity index (χ4n) is 3.99. The lowest BCUT2D eigenvalue weighted by Crippen LogP contribution is -2.32. The Morgan fingerprint density at radius 1 is 1.05 bits per heavy atom. The Bertz CT molecular complexity index is 1360. The molecule has 10 heteroatoms. The smallest absolute Gasteiger partial charge is 0.269 e. The van der Waals surface area contributed by atoms with Crippen molar-refractivity contribution in [1.29, 1.82) is 0 Å². The Kier molecular flexibility index (Phi) is 8.29. The van der Waals surface area contributed by atoms with E-state index >= 15 is 0 Å². The second-order valence-electron chi connectivity index (χ2n) is 8.47. The minimum absolute atomic E-state index is 0.0334. The van der Waals surface area contributed by atoms with E-state index in [0.29, 0.717) is 28.8 Å². The maximum absolute atomic E-state index is 13.3. The summed E-state index contributed by atoms with van der Waals surface area (Å²) in [5.41, 5.74) is 2.43. The molecule has 4 rings (SSSR count). The Morgan fingerprint density at radius 2 is 1.73 bits per heavy atom. The zero-order valence-electron chi connectivity index (χ0n) is 20.4. The molecule has 4 aromatic rings. The van der Waals surface area contributed by atoms with Crippen LogP contribution in [0, 0.1) is 15.9 Å². The van der Waals surface area contributed by atoms with Crippen LogP contribution in [0.5, 0.6) is 0 Å². The van der Waals surface area contributed by atoms with Gasteiger partial charge in [-0.3, -0.25) is 19.5 Å². The van der Waals surface area contributed by atoms with E-state index in [1.54, 1.807) is 28.8 Å². The van der Waals surface area contributed by atoms with Gasteiger partial charge >= 0.3 is 0 Å². The van der Waals surface area contributed by atoms with Crippen molar-refractivity contribution < 1.29 is 14.1 Å². The molecule has 0 radical (unpaired) electrons. The monoisotopic (exact) mass is 519 g/mol. The van der Waals surface area contributed by atoms with Crippen molar-refractivity contribution in [3.05, 3.63) is 112 Å². The fourth-order valence-corrected chi connectivity index (χ4v) is 4.90. The molecule has 37 heavy (non-hydrogen) atoms. The number of carbonyl (C=O) groups is 1. The first-order chi connectivity index (χ1) is 17.9. The molecular weight excluding hydrogens is 493 g/mol. The van der Waals surface area contributed by atoms with E-state index < -0.39 is 11.0 Å². The Labute approximate surface area is 218 Å². The van der Waals surface area contributed by atoms with Crippen LogP contribution in [0.25, 0.3) is 5.69 Å². The lowest BCUT2D eigenvalue weighted by Gasteiger charge is -2.20. The average Bonchev–Trinajstić information content (AvgIpc) is 3.33. The van der Waals surface area contributed by atoms with E-state index in [0.717, 1.165) is 11.1 Å². The Hall–Kier alpha value is -4.05. The van der Waals surface area contributed by atoms with Gasteiger partial charge in [-0.1, -0.05) is 61.2 Å². The highest BCUT2D eigenvalue weighted by atomic mass is 32.2. The molecule has 0 aliphatic rings. The maximum Gasteiger partial charge on any atom is 0.269 e. The topological polar surface area (TPSA) is 103 Å². The first kappa shape index (κ1) is 26.0. The lowest BCUT2D eigenvalue weighted by molar-refractivity contribution is -0.384. The molecule has 190 valence electrons. The highest BCUT2D eigenvalue weighted by Crippen LogP contribution is 2.29. The molecule has 1 aromatic heterocycles. The van der Waals surface area contributed by atoms with Crippen molar-refractivity contribution >= 4 is 23.4 Å². The number of carbonyl (C=O) groups excluding carboxylic acids is 1. The van der Waals surface area contributed by atoms with Gasteiger partial charge in [0.25, 0.3) is 5.69 Å². The third-order valence-electron chi connectivity index (χ3n) is 5.93. The predicted octanol–water partition coefficient (Wildman–Crippen LogP) is 5.98. The van der Waals surface area contributed by atoms with Crippen LogP contribution in [0.3, 0.4) is 0 Å². The van der Waals surface area contributed by atoms with Crippen LogP contribution in [-0.2, 0) is 10.5 Å². The van der Waals surface area contributed by atoms with Crippen molar-refractivity contribution in [2.75, 3.05) is 0 Å². The molecular formula is C27H26FN5O3S. The molecule has 0 bridgehead atoms. The van der Waals surface area contributed by atoms with Gasteiger partial charge in [0.1, 0.15) is 5.82 Å². The molecule has 2 unspecified atom stereocenters. The molecule has 0 fully saturated rings. The van der Waals surface area contributed by atoms with Crippen molar-refractivity contribution in [2.24, 2.45) is 0 Å². The van der Waals surface area contributed by atoms with E-state index in [-0.39, 0.29) is 23.3 Å². The highest BCUT2D eigenvalue weighted by Gasteiger charge is 2.25. The third kappa shape index (κ3) is 6.21. The number of benzene rings is 3. The van der Waals surface area contributed by atoms with Gasteiger partial charge in [0.05, 0.1) is 16.9 Å². The minimum Gasteiger partial charge on any atom is -0.346 e. The number of halogens is 1. The van der Waals surface area contributed by atoms with Crippen molar-refractivity contribution in [3.8, 4) is 5.69 Å². The number of rotatable bonds is 10. The largest absolute Gasteiger partial charge is 0.346 e. The number of thioether (sulfide) groups is 1. The SMILES string of the molecule is CCC(C(=O)NC(C)c1nnc(SCc2ccc(F)cc2)n1-c1ccc([N+](=O)[O-])cc1)c1ccccc1. The molecule has 1 amide bonds. The van der Waals surface area contributed by atoms with Crippen LogP contribution in [0.4, 0.5) is 10.1 Å². The van der Waals surface area contributed by atoms with E-state index in [9.17, 15) is 19.3 Å². The number of nitrogens with zero attached hydrogens (tertiary/aromatic N) is 4. The number of nitro benzene ring substituents is 1. The first-order valence-electron chi connectivity index (χ1n) is 11.8. The summed E-state index contributed by atoms with van der Waals surface area (Å²) in [6, 6.07) is 21.4. The molecule has 0 spiro atoms. The zero-order valence-corrected chi connectivity index (χ0v) is 21.2. The predicted molar refractivity (Wildman–Crippen MR) is 140 cm³/mol. The number of hydrogen-bond donors (Lipinski definition) is 1. The molecule has 1 heterocycles. The van der Waals surface area contributed by atoms with Gasteiger partial charge in [0.15, 0.2) is 11.0 Å². The molecule has 0 aliphatic heterocycles.